The van der Waals surface area contributed by atoms with Gasteiger partial charge in [0.05, 0.1) is 6.07 Å². The molecule has 7 heteroatoms. The van der Waals surface area contributed by atoms with Crippen molar-refractivity contribution in [2.75, 3.05) is 0 Å². The fourth-order valence-electron chi connectivity index (χ4n) is 4.42. The van der Waals surface area contributed by atoms with Crippen molar-refractivity contribution < 1.29 is 19.1 Å². The predicted octanol–water partition coefficient (Wildman–Crippen LogP) is 4.21. The van der Waals surface area contributed by atoms with Crippen molar-refractivity contribution in [3.05, 3.63) is 65.7 Å². The highest BCUT2D eigenvalue weighted by molar-refractivity contribution is 5.87. The lowest BCUT2D eigenvalue weighted by atomic mass is 10.0. The van der Waals surface area contributed by atoms with E-state index in [1.807, 2.05) is 54.6 Å². The molecule has 1 saturated carbocycles. The van der Waals surface area contributed by atoms with E-state index in [2.05, 4.69) is 11.4 Å². The van der Waals surface area contributed by atoms with Crippen molar-refractivity contribution in [3.8, 4) is 11.8 Å². The molecule has 34 heavy (non-hydrogen) atoms. The maximum absolute atomic E-state index is 13.5. The molecule has 178 valence electrons. The molecule has 2 aromatic rings. The Morgan fingerprint density at radius 1 is 1.09 bits per heavy atom. The molecule has 0 aromatic heterocycles. The summed E-state index contributed by atoms with van der Waals surface area (Å²) in [6, 6.07) is 18.5. The van der Waals surface area contributed by atoms with Crippen molar-refractivity contribution in [3.63, 3.8) is 0 Å². The van der Waals surface area contributed by atoms with Gasteiger partial charge in [-0.25, -0.2) is 4.79 Å². The summed E-state index contributed by atoms with van der Waals surface area (Å²) < 4.78 is 11.2. The lowest BCUT2D eigenvalue weighted by Gasteiger charge is -2.29. The first kappa shape index (κ1) is 23.6. The fourth-order valence-corrected chi connectivity index (χ4v) is 4.42. The van der Waals surface area contributed by atoms with E-state index in [4.69, 9.17) is 9.47 Å². The highest BCUT2D eigenvalue weighted by Crippen LogP contribution is 2.47. The first-order valence-corrected chi connectivity index (χ1v) is 11.7. The molecular formula is C27H31N3O4. The molecule has 1 N–H and O–H groups in total. The number of fused-ring (bicyclic) bond motifs is 1. The van der Waals surface area contributed by atoms with E-state index in [0.717, 1.165) is 23.3 Å². The van der Waals surface area contributed by atoms with Crippen molar-refractivity contribution >= 4 is 12.0 Å². The summed E-state index contributed by atoms with van der Waals surface area (Å²) in [7, 11) is 0. The van der Waals surface area contributed by atoms with Gasteiger partial charge in [-0.05, 0) is 62.8 Å². The maximum atomic E-state index is 13.5. The van der Waals surface area contributed by atoms with Gasteiger partial charge in [0.15, 0.2) is 0 Å². The van der Waals surface area contributed by atoms with E-state index < -0.39 is 23.8 Å². The minimum atomic E-state index is -0.818. The molecule has 2 amide bonds. The van der Waals surface area contributed by atoms with Gasteiger partial charge in [-0.1, -0.05) is 42.5 Å². The number of nitriles is 1. The molecule has 2 aliphatic rings. The Bertz CT molecular complexity index is 1060. The molecule has 0 bridgehead atoms. The van der Waals surface area contributed by atoms with E-state index >= 15 is 0 Å². The normalized spacial score (nSPS) is 21.7. The zero-order valence-electron chi connectivity index (χ0n) is 19.9. The number of carbonyl (C=O) groups is 2. The van der Waals surface area contributed by atoms with Crippen molar-refractivity contribution in [1.82, 2.24) is 10.2 Å². The smallest absolute Gasteiger partial charge is 0.408 e. The number of nitrogens with zero attached hydrogens (tertiary/aromatic N) is 2. The van der Waals surface area contributed by atoms with Gasteiger partial charge in [0.2, 0.25) is 5.91 Å². The van der Waals surface area contributed by atoms with Crippen LogP contribution in [0.4, 0.5) is 4.79 Å². The fraction of sp³-hybridized carbons (Fsp3) is 0.444. The third kappa shape index (κ3) is 5.88. The average molecular weight is 462 g/mol. The second kappa shape index (κ2) is 9.76. The quantitative estimate of drug-likeness (QED) is 0.667. The molecule has 0 spiro atoms. The van der Waals surface area contributed by atoms with Gasteiger partial charge >= 0.3 is 6.09 Å². The minimum absolute atomic E-state index is 0.105. The molecule has 1 saturated heterocycles. The van der Waals surface area contributed by atoms with Crippen molar-refractivity contribution in [2.45, 2.75) is 70.4 Å². The van der Waals surface area contributed by atoms with E-state index in [1.54, 1.807) is 25.7 Å². The first-order chi connectivity index (χ1) is 16.2. The molecule has 7 nitrogen and oxygen atoms in total. The Hall–Kier alpha value is -3.53. The molecule has 0 radical (unpaired) electrons. The number of alkyl carbamates (subject to hydrolysis) is 1. The molecule has 1 heterocycles. The zero-order chi connectivity index (χ0) is 24.3. The highest BCUT2D eigenvalue weighted by Gasteiger charge is 2.55. The van der Waals surface area contributed by atoms with Gasteiger partial charge in [-0.15, -0.1) is 0 Å². The van der Waals surface area contributed by atoms with Gasteiger partial charge in [0.25, 0.3) is 0 Å². The third-order valence-electron chi connectivity index (χ3n) is 6.11. The number of likely N-dealkylation sites (tertiary alicyclic amines) is 1. The van der Waals surface area contributed by atoms with Crippen LogP contribution in [-0.4, -0.2) is 40.6 Å². The van der Waals surface area contributed by atoms with Crippen LogP contribution in [0, 0.1) is 17.2 Å². The number of ether oxygens (including phenoxy) is 2. The number of piperidine rings is 1. The molecular weight excluding hydrogens is 430 g/mol. The maximum Gasteiger partial charge on any atom is 0.408 e. The summed E-state index contributed by atoms with van der Waals surface area (Å²) in [5.74, 6) is 0.893. The van der Waals surface area contributed by atoms with Crippen LogP contribution >= 0.6 is 0 Å². The first-order valence-electron chi connectivity index (χ1n) is 11.7. The summed E-state index contributed by atoms with van der Waals surface area (Å²) in [6.45, 7) is 5.80. The van der Waals surface area contributed by atoms with Crippen LogP contribution in [-0.2, 0) is 22.6 Å². The Morgan fingerprint density at radius 3 is 2.44 bits per heavy atom. The van der Waals surface area contributed by atoms with Gasteiger partial charge in [0, 0.05) is 12.5 Å². The largest absolute Gasteiger partial charge is 0.489 e. The monoisotopic (exact) mass is 461 g/mol. The molecule has 1 aliphatic heterocycles. The SMILES string of the molecule is CC(C)(C)OC(=O)N[C@@H](Cc1ccc(OCc2ccccc2)cc1)C(=O)N1[C@H](C#N)C[C@@H]2C[C@@H]21. The number of nitrogens with one attached hydrogen (secondary N) is 1. The summed E-state index contributed by atoms with van der Waals surface area (Å²) in [5.41, 5.74) is 1.27. The lowest BCUT2D eigenvalue weighted by molar-refractivity contribution is -0.134. The molecule has 4 rings (SSSR count). The average Bonchev–Trinajstić information content (AvgIpc) is 3.46. The van der Waals surface area contributed by atoms with E-state index in [9.17, 15) is 14.9 Å². The molecule has 2 fully saturated rings. The van der Waals surface area contributed by atoms with Gasteiger partial charge in [-0.2, -0.15) is 5.26 Å². The van der Waals surface area contributed by atoms with Crippen LogP contribution in [0.5, 0.6) is 5.75 Å². The molecule has 0 unspecified atom stereocenters. The zero-order valence-corrected chi connectivity index (χ0v) is 19.9. The van der Waals surface area contributed by atoms with E-state index in [0.29, 0.717) is 25.4 Å². The number of amides is 2. The molecule has 2 aromatic carbocycles. The van der Waals surface area contributed by atoms with E-state index in [1.165, 1.54) is 0 Å². The number of hydrogen-bond acceptors (Lipinski definition) is 5. The number of benzene rings is 2. The van der Waals surface area contributed by atoms with Crippen LogP contribution in [0.1, 0.15) is 44.7 Å². The van der Waals surface area contributed by atoms with Gasteiger partial charge in [-0.3, -0.25) is 4.79 Å². The van der Waals surface area contributed by atoms with Crippen LogP contribution < -0.4 is 10.1 Å². The van der Waals surface area contributed by atoms with Crippen LogP contribution in [0.15, 0.2) is 54.6 Å². The summed E-state index contributed by atoms with van der Waals surface area (Å²) in [5, 5.41) is 12.3. The van der Waals surface area contributed by atoms with Crippen LogP contribution in [0.25, 0.3) is 0 Å². The Balaban J connectivity index is 1.44. The topological polar surface area (TPSA) is 91.7 Å². The molecule has 1 aliphatic carbocycles. The third-order valence-corrected chi connectivity index (χ3v) is 6.11. The van der Waals surface area contributed by atoms with Crippen LogP contribution in [0.2, 0.25) is 0 Å². The number of rotatable bonds is 7. The summed E-state index contributed by atoms with van der Waals surface area (Å²) in [4.78, 5) is 27.6. The van der Waals surface area contributed by atoms with Crippen molar-refractivity contribution in [2.24, 2.45) is 5.92 Å². The highest BCUT2D eigenvalue weighted by atomic mass is 16.6. The molecule has 4 atom stereocenters. The van der Waals surface area contributed by atoms with Gasteiger partial charge in [0.1, 0.15) is 30.0 Å². The number of carbonyl (C=O) groups excluding carboxylic acids is 2. The predicted molar refractivity (Wildman–Crippen MR) is 127 cm³/mol. The van der Waals surface area contributed by atoms with Crippen LogP contribution in [0.3, 0.4) is 0 Å². The minimum Gasteiger partial charge on any atom is -0.489 e. The lowest BCUT2D eigenvalue weighted by Crippen LogP contribution is -2.52. The Kier molecular flexibility index (Phi) is 6.78. The summed E-state index contributed by atoms with van der Waals surface area (Å²) in [6.07, 6.45) is 1.28. The van der Waals surface area contributed by atoms with Gasteiger partial charge < -0.3 is 19.7 Å². The number of hydrogen-bond donors (Lipinski definition) is 1. The summed E-state index contributed by atoms with van der Waals surface area (Å²) >= 11 is 0. The van der Waals surface area contributed by atoms with Crippen molar-refractivity contribution in [1.29, 1.82) is 5.26 Å². The van der Waals surface area contributed by atoms with E-state index in [-0.39, 0.29) is 11.9 Å². The standard InChI is InChI=1S/C27H31N3O4/c1-27(2,3)34-26(32)29-23(25(31)30-21(16-28)14-20-15-24(20)30)13-18-9-11-22(12-10-18)33-17-19-7-5-4-6-8-19/h4-12,20-21,23-24H,13-15,17H2,1-3H3,(H,29,32)/t20-,21+,23+,24+/m1/s1. The Labute approximate surface area is 200 Å². The second-order valence-electron chi connectivity index (χ2n) is 10.0. The Morgan fingerprint density at radius 2 is 1.79 bits per heavy atom. The second-order valence-corrected chi connectivity index (χ2v) is 10.0.